The smallest absolute Gasteiger partial charge is 0.288 e. The van der Waals surface area contributed by atoms with E-state index in [1.54, 1.807) is 29.1 Å². The predicted octanol–water partition coefficient (Wildman–Crippen LogP) is 1.45. The first-order valence-corrected chi connectivity index (χ1v) is 6.97. The summed E-state index contributed by atoms with van der Waals surface area (Å²) in [6.45, 7) is 0. The summed E-state index contributed by atoms with van der Waals surface area (Å²) in [5.41, 5.74) is 8.20. The monoisotopic (exact) mass is 276 g/mol. The Morgan fingerprint density at radius 1 is 1.42 bits per heavy atom. The summed E-state index contributed by atoms with van der Waals surface area (Å²) in [6, 6.07) is 6.96. The van der Waals surface area contributed by atoms with E-state index in [0.717, 1.165) is 5.69 Å². The fraction of sp³-hybridized carbons (Fsp3) is 0.167. The van der Waals surface area contributed by atoms with Crippen LogP contribution in [0.3, 0.4) is 0 Å². The van der Waals surface area contributed by atoms with E-state index in [1.165, 1.54) is 0 Å². The van der Waals surface area contributed by atoms with Gasteiger partial charge in [-0.1, -0.05) is 0 Å². The van der Waals surface area contributed by atoms with Crippen LogP contribution in [0, 0.1) is 0 Å². The Bertz CT molecular complexity index is 762. The van der Waals surface area contributed by atoms with Gasteiger partial charge in [0.15, 0.2) is 5.58 Å². The Balaban J connectivity index is 1.89. The highest BCUT2D eigenvalue weighted by Gasteiger charge is 2.14. The molecule has 2 heterocycles. The molecule has 1 atom stereocenters. The second-order valence-corrected chi connectivity index (χ2v) is 5.51. The highest BCUT2D eigenvalue weighted by Crippen LogP contribution is 2.21. The second kappa shape index (κ2) is 4.51. The van der Waals surface area contributed by atoms with E-state index in [1.807, 2.05) is 13.1 Å². The molecule has 98 valence electrons. The molecule has 19 heavy (non-hydrogen) atoms. The summed E-state index contributed by atoms with van der Waals surface area (Å²) in [6.07, 6.45) is 1.80. The lowest BCUT2D eigenvalue weighted by Crippen LogP contribution is -1.98. The average molecular weight is 276 g/mol. The van der Waals surface area contributed by atoms with Gasteiger partial charge in [-0.3, -0.25) is 4.68 Å². The lowest BCUT2D eigenvalue weighted by atomic mass is 10.3. The van der Waals surface area contributed by atoms with E-state index >= 15 is 0 Å². The molecule has 0 aliphatic heterocycles. The lowest BCUT2D eigenvalue weighted by Gasteiger charge is -1.93. The molecule has 0 saturated carbocycles. The maximum Gasteiger partial charge on any atom is 0.288 e. The highest BCUT2D eigenvalue weighted by molar-refractivity contribution is 7.84. The third-order valence-electron chi connectivity index (χ3n) is 2.63. The average Bonchev–Trinajstić information content (AvgIpc) is 2.95. The number of benzene rings is 1. The SMILES string of the molecule is Cn1ccc(CS(=O)c2nc3cc(N)ccc3o2)n1. The van der Waals surface area contributed by atoms with Crippen molar-refractivity contribution in [3.63, 3.8) is 0 Å². The Morgan fingerprint density at radius 2 is 2.26 bits per heavy atom. The molecule has 0 aliphatic rings. The van der Waals surface area contributed by atoms with Crippen molar-refractivity contribution in [2.24, 2.45) is 7.05 Å². The standard InChI is InChI=1S/C12H12N4O2S/c1-16-5-4-9(15-16)7-19(17)12-14-10-6-8(13)2-3-11(10)18-12/h2-6H,7,13H2,1H3. The third kappa shape index (κ3) is 2.37. The van der Waals surface area contributed by atoms with Gasteiger partial charge in [-0.25, -0.2) is 9.19 Å². The Hall–Kier alpha value is -2.15. The quantitative estimate of drug-likeness (QED) is 0.732. The molecule has 1 unspecified atom stereocenters. The summed E-state index contributed by atoms with van der Waals surface area (Å²) < 4.78 is 19.3. The number of hydrogen-bond donors (Lipinski definition) is 1. The summed E-state index contributed by atoms with van der Waals surface area (Å²) in [5.74, 6) is 0.281. The van der Waals surface area contributed by atoms with Crippen LogP contribution in [-0.4, -0.2) is 19.0 Å². The van der Waals surface area contributed by atoms with Crippen LogP contribution >= 0.6 is 0 Å². The fourth-order valence-electron chi connectivity index (χ4n) is 1.76. The molecule has 0 saturated heterocycles. The van der Waals surface area contributed by atoms with Crippen LogP contribution < -0.4 is 5.73 Å². The van der Waals surface area contributed by atoms with Crippen LogP contribution in [0.15, 0.2) is 40.1 Å². The Kier molecular flexibility index (Phi) is 2.83. The van der Waals surface area contributed by atoms with Gasteiger partial charge in [0.2, 0.25) is 0 Å². The summed E-state index contributed by atoms with van der Waals surface area (Å²) in [5, 5.41) is 4.38. The molecular formula is C12H12N4O2S. The largest absolute Gasteiger partial charge is 0.430 e. The molecule has 0 bridgehead atoms. The molecule has 2 N–H and O–H groups in total. The van der Waals surface area contributed by atoms with Crippen molar-refractivity contribution >= 4 is 27.6 Å². The van der Waals surface area contributed by atoms with Crippen LogP contribution in [0.25, 0.3) is 11.1 Å². The molecule has 3 rings (SSSR count). The molecule has 0 fully saturated rings. The summed E-state index contributed by atoms with van der Waals surface area (Å²) in [7, 11) is 0.459. The van der Waals surface area contributed by atoms with Gasteiger partial charge in [0.05, 0.1) is 11.4 Å². The molecule has 0 spiro atoms. The zero-order valence-electron chi connectivity index (χ0n) is 10.2. The minimum absolute atomic E-state index is 0.200. The van der Waals surface area contributed by atoms with E-state index in [0.29, 0.717) is 16.8 Å². The van der Waals surface area contributed by atoms with Crippen molar-refractivity contribution in [3.05, 3.63) is 36.2 Å². The van der Waals surface area contributed by atoms with Gasteiger partial charge in [0, 0.05) is 18.9 Å². The van der Waals surface area contributed by atoms with Crippen molar-refractivity contribution in [1.82, 2.24) is 14.8 Å². The van der Waals surface area contributed by atoms with E-state index < -0.39 is 10.8 Å². The zero-order valence-corrected chi connectivity index (χ0v) is 11.1. The summed E-state index contributed by atoms with van der Waals surface area (Å²) in [4.78, 5) is 4.20. The molecule has 3 aromatic rings. The Labute approximate surface area is 111 Å². The van der Waals surface area contributed by atoms with Gasteiger partial charge < -0.3 is 10.2 Å². The van der Waals surface area contributed by atoms with Gasteiger partial charge in [-0.2, -0.15) is 5.10 Å². The van der Waals surface area contributed by atoms with Crippen LogP contribution in [0.4, 0.5) is 5.69 Å². The van der Waals surface area contributed by atoms with Gasteiger partial charge in [0.25, 0.3) is 5.22 Å². The number of nitrogens with two attached hydrogens (primary N) is 1. The number of fused-ring (bicyclic) bond motifs is 1. The maximum absolute atomic E-state index is 12.2. The zero-order chi connectivity index (χ0) is 13.4. The van der Waals surface area contributed by atoms with Gasteiger partial charge in [-0.05, 0) is 24.3 Å². The minimum Gasteiger partial charge on any atom is -0.430 e. The van der Waals surface area contributed by atoms with Crippen molar-refractivity contribution < 1.29 is 8.63 Å². The maximum atomic E-state index is 12.2. The number of aromatic nitrogens is 3. The van der Waals surface area contributed by atoms with Crippen LogP contribution in [0.2, 0.25) is 0 Å². The van der Waals surface area contributed by atoms with Gasteiger partial charge in [-0.15, -0.1) is 0 Å². The normalized spacial score (nSPS) is 12.9. The molecule has 7 heteroatoms. The van der Waals surface area contributed by atoms with Crippen molar-refractivity contribution in [2.45, 2.75) is 11.0 Å². The first-order valence-electron chi connectivity index (χ1n) is 5.65. The number of oxazole rings is 1. The highest BCUT2D eigenvalue weighted by atomic mass is 32.2. The van der Waals surface area contributed by atoms with E-state index in [4.69, 9.17) is 10.2 Å². The van der Waals surface area contributed by atoms with Gasteiger partial charge >= 0.3 is 0 Å². The third-order valence-corrected chi connectivity index (χ3v) is 3.76. The van der Waals surface area contributed by atoms with E-state index in [9.17, 15) is 4.21 Å². The van der Waals surface area contributed by atoms with Crippen LogP contribution in [0.5, 0.6) is 0 Å². The van der Waals surface area contributed by atoms with Crippen LogP contribution in [0.1, 0.15) is 5.69 Å². The van der Waals surface area contributed by atoms with Crippen LogP contribution in [-0.2, 0) is 23.6 Å². The number of rotatable bonds is 3. The molecule has 0 amide bonds. The molecule has 0 aliphatic carbocycles. The van der Waals surface area contributed by atoms with Crippen molar-refractivity contribution in [1.29, 1.82) is 0 Å². The molecule has 6 nitrogen and oxygen atoms in total. The minimum atomic E-state index is -1.35. The van der Waals surface area contributed by atoms with Crippen molar-refractivity contribution in [3.8, 4) is 0 Å². The molecular weight excluding hydrogens is 264 g/mol. The molecule has 2 aromatic heterocycles. The van der Waals surface area contributed by atoms with E-state index in [2.05, 4.69) is 10.1 Å². The topological polar surface area (TPSA) is 86.9 Å². The molecule has 0 radical (unpaired) electrons. The first-order chi connectivity index (χ1) is 9.11. The predicted molar refractivity (Wildman–Crippen MR) is 71.7 cm³/mol. The lowest BCUT2D eigenvalue weighted by molar-refractivity contribution is 0.477. The second-order valence-electron chi connectivity index (χ2n) is 4.18. The fourth-order valence-corrected chi connectivity index (χ4v) is 2.69. The molecule has 1 aromatic carbocycles. The number of hydrogen-bond acceptors (Lipinski definition) is 5. The van der Waals surface area contributed by atoms with Gasteiger partial charge in [0.1, 0.15) is 16.3 Å². The van der Waals surface area contributed by atoms with Crippen molar-refractivity contribution in [2.75, 3.05) is 5.73 Å². The number of anilines is 1. The number of nitrogen functional groups attached to an aromatic ring is 1. The van der Waals surface area contributed by atoms with E-state index in [-0.39, 0.29) is 11.0 Å². The first kappa shape index (κ1) is 11.9. The summed E-state index contributed by atoms with van der Waals surface area (Å²) >= 11 is 0. The number of aryl methyl sites for hydroxylation is 1. The number of nitrogens with zero attached hydrogens (tertiary/aromatic N) is 3. The Morgan fingerprint density at radius 3 is 3.00 bits per heavy atom.